The molecule has 0 atom stereocenters. The van der Waals surface area contributed by atoms with E-state index in [2.05, 4.69) is 37.5 Å². The van der Waals surface area contributed by atoms with Crippen LogP contribution in [0.15, 0.2) is 28.7 Å². The van der Waals surface area contributed by atoms with Gasteiger partial charge >= 0.3 is 0 Å². The summed E-state index contributed by atoms with van der Waals surface area (Å²) in [6.07, 6.45) is 2.73. The van der Waals surface area contributed by atoms with Gasteiger partial charge in [-0.25, -0.2) is 4.68 Å². The van der Waals surface area contributed by atoms with Gasteiger partial charge in [0.15, 0.2) is 5.82 Å². The maximum atomic E-state index is 5.48. The maximum Gasteiger partial charge on any atom is 0.155 e. The topological polar surface area (TPSA) is 69.6 Å². The molecule has 2 aromatic rings. The number of benzene rings is 1. The van der Waals surface area contributed by atoms with E-state index < -0.39 is 0 Å². The Morgan fingerprint density at radius 2 is 2.06 bits per heavy atom. The number of aryl methyl sites for hydroxylation is 1. The van der Waals surface area contributed by atoms with E-state index >= 15 is 0 Å². The lowest BCUT2D eigenvalue weighted by atomic mass is 10.1. The molecule has 0 aliphatic rings. The van der Waals surface area contributed by atoms with Crippen LogP contribution in [0.25, 0.3) is 0 Å². The monoisotopic (exact) mass is 309 g/mol. The van der Waals surface area contributed by atoms with E-state index in [9.17, 15) is 0 Å². The molecular formula is C12H16BrN5. The molecule has 96 valence electrons. The van der Waals surface area contributed by atoms with Gasteiger partial charge in [-0.1, -0.05) is 34.1 Å². The number of halogens is 1. The number of aromatic nitrogens is 4. The van der Waals surface area contributed by atoms with Crippen LogP contribution < -0.4 is 5.73 Å². The minimum atomic E-state index is 0.710. The summed E-state index contributed by atoms with van der Waals surface area (Å²) >= 11 is 3.54. The fourth-order valence-corrected chi connectivity index (χ4v) is 2.17. The molecule has 5 nitrogen and oxygen atoms in total. The predicted octanol–water partition coefficient (Wildman–Crippen LogP) is 1.77. The second-order valence-electron chi connectivity index (χ2n) is 4.08. The minimum Gasteiger partial charge on any atom is -0.330 e. The second-order valence-corrected chi connectivity index (χ2v) is 4.94. The molecule has 0 spiro atoms. The maximum absolute atomic E-state index is 5.48. The molecule has 1 heterocycles. The van der Waals surface area contributed by atoms with E-state index in [-0.39, 0.29) is 0 Å². The molecule has 0 bridgehead atoms. The Morgan fingerprint density at radius 3 is 2.83 bits per heavy atom. The molecule has 1 aromatic carbocycles. The number of nitrogens with two attached hydrogens (primary N) is 1. The Balaban J connectivity index is 2.05. The van der Waals surface area contributed by atoms with Crippen LogP contribution in [0.5, 0.6) is 0 Å². The van der Waals surface area contributed by atoms with Crippen LogP contribution in [0.3, 0.4) is 0 Å². The summed E-state index contributed by atoms with van der Waals surface area (Å²) in [4.78, 5) is 0. The average Bonchev–Trinajstić information content (AvgIpc) is 2.80. The summed E-state index contributed by atoms with van der Waals surface area (Å²) in [6.45, 7) is 1.53. The van der Waals surface area contributed by atoms with Crippen molar-refractivity contribution in [2.45, 2.75) is 25.8 Å². The Labute approximate surface area is 115 Å². The molecule has 2 rings (SSSR count). The van der Waals surface area contributed by atoms with Gasteiger partial charge in [-0.2, -0.15) is 0 Å². The molecule has 6 heteroatoms. The lowest BCUT2D eigenvalue weighted by Crippen LogP contribution is -2.09. The van der Waals surface area contributed by atoms with Crippen LogP contribution >= 0.6 is 15.9 Å². The number of unbranched alkanes of at least 4 members (excludes halogenated alkanes) is 1. The molecule has 2 N–H and O–H groups in total. The zero-order valence-corrected chi connectivity index (χ0v) is 11.7. The standard InChI is InChI=1S/C12H16BrN5/c13-11-6-2-1-5-10(11)9-12-15-16-17-18(12)8-4-3-7-14/h1-2,5-6H,3-4,7-9,14H2. The van der Waals surface area contributed by atoms with Crippen molar-refractivity contribution in [2.75, 3.05) is 6.54 Å². The molecular weight excluding hydrogens is 294 g/mol. The van der Waals surface area contributed by atoms with Gasteiger partial charge in [0.2, 0.25) is 0 Å². The summed E-state index contributed by atoms with van der Waals surface area (Å²) in [5, 5.41) is 11.8. The Hall–Kier alpha value is -1.27. The van der Waals surface area contributed by atoms with E-state index in [1.807, 2.05) is 22.9 Å². The van der Waals surface area contributed by atoms with Gasteiger partial charge < -0.3 is 5.73 Å². The van der Waals surface area contributed by atoms with Crippen molar-refractivity contribution in [3.8, 4) is 0 Å². The van der Waals surface area contributed by atoms with Crippen LogP contribution in [0.2, 0.25) is 0 Å². The zero-order chi connectivity index (χ0) is 12.8. The van der Waals surface area contributed by atoms with Crippen molar-refractivity contribution in [3.63, 3.8) is 0 Å². The molecule has 18 heavy (non-hydrogen) atoms. The molecule has 0 aliphatic heterocycles. The van der Waals surface area contributed by atoms with Gasteiger partial charge in [0.05, 0.1) is 0 Å². The van der Waals surface area contributed by atoms with Gasteiger partial charge in [-0.15, -0.1) is 5.10 Å². The van der Waals surface area contributed by atoms with E-state index in [0.717, 1.165) is 36.1 Å². The summed E-state index contributed by atoms with van der Waals surface area (Å²) in [5.74, 6) is 0.888. The highest BCUT2D eigenvalue weighted by molar-refractivity contribution is 9.10. The molecule has 0 saturated carbocycles. The first kappa shape index (κ1) is 13.2. The minimum absolute atomic E-state index is 0.710. The molecule has 0 aliphatic carbocycles. The summed E-state index contributed by atoms with van der Waals surface area (Å²) < 4.78 is 2.94. The summed E-state index contributed by atoms with van der Waals surface area (Å²) in [7, 11) is 0. The Kier molecular flexibility index (Phi) is 4.83. The third kappa shape index (κ3) is 3.36. The Bertz CT molecular complexity index is 497. The fraction of sp³-hybridized carbons (Fsp3) is 0.417. The van der Waals surface area contributed by atoms with Crippen LogP contribution in [-0.2, 0) is 13.0 Å². The van der Waals surface area contributed by atoms with Crippen LogP contribution in [0.1, 0.15) is 24.2 Å². The van der Waals surface area contributed by atoms with Crippen LogP contribution in [0.4, 0.5) is 0 Å². The Morgan fingerprint density at radius 1 is 1.22 bits per heavy atom. The predicted molar refractivity (Wildman–Crippen MR) is 73.1 cm³/mol. The highest BCUT2D eigenvalue weighted by atomic mass is 79.9. The first-order chi connectivity index (χ1) is 8.81. The largest absolute Gasteiger partial charge is 0.330 e. The first-order valence-electron chi connectivity index (χ1n) is 6.00. The third-order valence-corrected chi connectivity index (χ3v) is 3.51. The highest BCUT2D eigenvalue weighted by Crippen LogP contribution is 2.18. The van der Waals surface area contributed by atoms with Gasteiger partial charge in [0, 0.05) is 17.4 Å². The summed E-state index contributed by atoms with van der Waals surface area (Å²) in [6, 6.07) is 8.11. The molecule has 0 saturated heterocycles. The highest BCUT2D eigenvalue weighted by Gasteiger charge is 2.08. The van der Waals surface area contributed by atoms with Crippen molar-refractivity contribution >= 4 is 15.9 Å². The number of hydrogen-bond acceptors (Lipinski definition) is 4. The van der Waals surface area contributed by atoms with E-state index in [4.69, 9.17) is 5.73 Å². The zero-order valence-electron chi connectivity index (χ0n) is 10.1. The molecule has 0 fully saturated rings. The number of tetrazole rings is 1. The van der Waals surface area contributed by atoms with Crippen molar-refractivity contribution in [1.82, 2.24) is 20.2 Å². The third-order valence-electron chi connectivity index (χ3n) is 2.74. The molecule has 0 radical (unpaired) electrons. The van der Waals surface area contributed by atoms with Crippen molar-refractivity contribution < 1.29 is 0 Å². The van der Waals surface area contributed by atoms with Gasteiger partial charge in [-0.3, -0.25) is 0 Å². The number of rotatable bonds is 6. The lowest BCUT2D eigenvalue weighted by molar-refractivity contribution is 0.529. The van der Waals surface area contributed by atoms with E-state index in [0.29, 0.717) is 6.54 Å². The number of hydrogen-bond donors (Lipinski definition) is 1. The van der Waals surface area contributed by atoms with Gasteiger partial charge in [0.25, 0.3) is 0 Å². The van der Waals surface area contributed by atoms with E-state index in [1.165, 1.54) is 5.56 Å². The summed E-state index contributed by atoms with van der Waals surface area (Å²) in [5.41, 5.74) is 6.67. The van der Waals surface area contributed by atoms with Crippen molar-refractivity contribution in [3.05, 3.63) is 40.1 Å². The van der Waals surface area contributed by atoms with Crippen molar-refractivity contribution in [1.29, 1.82) is 0 Å². The fourth-order valence-electron chi connectivity index (χ4n) is 1.74. The quantitative estimate of drug-likeness (QED) is 0.826. The molecule has 1 aromatic heterocycles. The first-order valence-corrected chi connectivity index (χ1v) is 6.79. The average molecular weight is 310 g/mol. The van der Waals surface area contributed by atoms with E-state index in [1.54, 1.807) is 0 Å². The van der Waals surface area contributed by atoms with Crippen LogP contribution in [0, 0.1) is 0 Å². The SMILES string of the molecule is NCCCCn1nnnc1Cc1ccccc1Br. The lowest BCUT2D eigenvalue weighted by Gasteiger charge is -2.05. The second kappa shape index (κ2) is 6.61. The van der Waals surface area contributed by atoms with Gasteiger partial charge in [0.1, 0.15) is 0 Å². The smallest absolute Gasteiger partial charge is 0.155 e. The van der Waals surface area contributed by atoms with Crippen LogP contribution in [-0.4, -0.2) is 26.8 Å². The normalized spacial score (nSPS) is 10.8. The molecule has 0 amide bonds. The number of nitrogens with zero attached hydrogens (tertiary/aromatic N) is 4. The van der Waals surface area contributed by atoms with Crippen molar-refractivity contribution in [2.24, 2.45) is 5.73 Å². The van der Waals surface area contributed by atoms with Gasteiger partial charge in [-0.05, 0) is 41.4 Å². The molecule has 0 unspecified atom stereocenters.